The molecule has 2 N–H and O–H groups in total. The molecule has 0 saturated carbocycles. The highest BCUT2D eigenvalue weighted by Gasteiger charge is 2.08. The van der Waals surface area contributed by atoms with E-state index >= 15 is 0 Å². The molecule has 0 aliphatic heterocycles. The molecular weight excluding hydrogens is 290 g/mol. The molecule has 0 unspecified atom stereocenters. The van der Waals surface area contributed by atoms with Gasteiger partial charge in [-0.2, -0.15) is 0 Å². The van der Waals surface area contributed by atoms with Crippen LogP contribution in [0.1, 0.15) is 41.3 Å². The van der Waals surface area contributed by atoms with Gasteiger partial charge in [-0.15, -0.1) is 0 Å². The number of hydrogen-bond acceptors (Lipinski definition) is 3. The van der Waals surface area contributed by atoms with Crippen LogP contribution < -0.4 is 10.1 Å². The van der Waals surface area contributed by atoms with E-state index < -0.39 is 0 Å². The van der Waals surface area contributed by atoms with E-state index in [-0.39, 0.29) is 12.5 Å². The summed E-state index contributed by atoms with van der Waals surface area (Å²) in [5.41, 5.74) is 3.01. The topological polar surface area (TPSA) is 58.6 Å². The predicted molar refractivity (Wildman–Crippen MR) is 91.9 cm³/mol. The van der Waals surface area contributed by atoms with E-state index in [9.17, 15) is 9.90 Å². The summed E-state index contributed by atoms with van der Waals surface area (Å²) in [7, 11) is 0. The van der Waals surface area contributed by atoms with Gasteiger partial charge in [0.05, 0.1) is 13.2 Å². The maximum atomic E-state index is 12.3. The zero-order chi connectivity index (χ0) is 16.7. The van der Waals surface area contributed by atoms with Crippen molar-refractivity contribution in [2.75, 3.05) is 11.9 Å². The Balaban J connectivity index is 2.03. The molecule has 0 spiro atoms. The first-order valence-electron chi connectivity index (χ1n) is 7.88. The maximum absolute atomic E-state index is 12.3. The number of benzene rings is 2. The quantitative estimate of drug-likeness (QED) is 0.762. The third-order valence-corrected chi connectivity index (χ3v) is 3.62. The number of carbonyl (C=O) groups is 1. The van der Waals surface area contributed by atoms with Crippen LogP contribution in [0.3, 0.4) is 0 Å². The summed E-state index contributed by atoms with van der Waals surface area (Å²) in [5, 5.41) is 12.1. The lowest BCUT2D eigenvalue weighted by molar-refractivity contribution is 0.102. The van der Waals surface area contributed by atoms with Gasteiger partial charge in [0, 0.05) is 11.3 Å². The Labute approximate surface area is 137 Å². The van der Waals surface area contributed by atoms with Crippen LogP contribution in [0.5, 0.6) is 5.75 Å². The van der Waals surface area contributed by atoms with Gasteiger partial charge >= 0.3 is 0 Å². The van der Waals surface area contributed by atoms with Crippen LogP contribution in [0, 0.1) is 6.92 Å². The summed E-state index contributed by atoms with van der Waals surface area (Å²) < 4.78 is 5.59. The average molecular weight is 313 g/mol. The van der Waals surface area contributed by atoms with Crippen LogP contribution in [-0.4, -0.2) is 17.6 Å². The second-order valence-corrected chi connectivity index (χ2v) is 5.49. The van der Waals surface area contributed by atoms with E-state index in [4.69, 9.17) is 4.74 Å². The van der Waals surface area contributed by atoms with Crippen molar-refractivity contribution >= 4 is 11.6 Å². The van der Waals surface area contributed by atoms with Crippen LogP contribution in [0.2, 0.25) is 0 Å². The van der Waals surface area contributed by atoms with Gasteiger partial charge in [0.15, 0.2) is 0 Å². The standard InChI is InChI=1S/C19H23NO3/c1-3-4-11-23-17-9-7-16(8-10-17)19(22)20-18-12-15(13-21)6-5-14(18)2/h5-10,12,21H,3-4,11,13H2,1-2H3,(H,20,22). The summed E-state index contributed by atoms with van der Waals surface area (Å²) in [6.45, 7) is 4.67. The molecule has 4 heteroatoms. The first-order valence-corrected chi connectivity index (χ1v) is 7.88. The summed E-state index contributed by atoms with van der Waals surface area (Å²) >= 11 is 0. The Bertz CT molecular complexity index is 650. The third kappa shape index (κ3) is 4.83. The number of aryl methyl sites for hydroxylation is 1. The zero-order valence-electron chi connectivity index (χ0n) is 13.6. The fourth-order valence-electron chi connectivity index (χ4n) is 2.13. The van der Waals surface area contributed by atoms with Gasteiger partial charge in [-0.05, 0) is 54.8 Å². The molecule has 2 aromatic rings. The van der Waals surface area contributed by atoms with Gasteiger partial charge in [0.25, 0.3) is 5.91 Å². The molecule has 2 rings (SSSR count). The van der Waals surface area contributed by atoms with Crippen molar-refractivity contribution in [2.45, 2.75) is 33.3 Å². The molecule has 0 fully saturated rings. The smallest absolute Gasteiger partial charge is 0.255 e. The summed E-state index contributed by atoms with van der Waals surface area (Å²) in [6, 6.07) is 12.6. The predicted octanol–water partition coefficient (Wildman–Crippen LogP) is 3.92. The molecule has 0 aromatic heterocycles. The lowest BCUT2D eigenvalue weighted by Crippen LogP contribution is -2.13. The number of carbonyl (C=O) groups excluding carboxylic acids is 1. The number of amides is 1. The van der Waals surface area contributed by atoms with Crippen LogP contribution in [0.15, 0.2) is 42.5 Å². The number of aliphatic hydroxyl groups excluding tert-OH is 1. The van der Waals surface area contributed by atoms with Crippen LogP contribution in [-0.2, 0) is 6.61 Å². The number of unbranched alkanes of at least 4 members (excludes halogenated alkanes) is 1. The van der Waals surface area contributed by atoms with E-state index in [2.05, 4.69) is 12.2 Å². The Morgan fingerprint density at radius 3 is 2.57 bits per heavy atom. The highest BCUT2D eigenvalue weighted by Crippen LogP contribution is 2.19. The molecule has 0 heterocycles. The number of aliphatic hydroxyl groups is 1. The van der Waals surface area contributed by atoms with Crippen LogP contribution in [0.25, 0.3) is 0 Å². The van der Waals surface area contributed by atoms with Crippen LogP contribution >= 0.6 is 0 Å². The second-order valence-electron chi connectivity index (χ2n) is 5.49. The van der Waals surface area contributed by atoms with Crippen molar-refractivity contribution in [2.24, 2.45) is 0 Å². The van der Waals surface area contributed by atoms with E-state index in [1.165, 1.54) is 0 Å². The normalized spacial score (nSPS) is 10.4. The average Bonchev–Trinajstić information content (AvgIpc) is 2.57. The second kappa shape index (κ2) is 8.34. The fraction of sp³-hybridized carbons (Fsp3) is 0.316. The molecule has 0 saturated heterocycles. The van der Waals surface area contributed by atoms with E-state index in [1.807, 2.05) is 31.2 Å². The van der Waals surface area contributed by atoms with Gasteiger partial charge < -0.3 is 15.2 Å². The van der Waals surface area contributed by atoms with E-state index in [0.717, 1.165) is 29.7 Å². The first kappa shape index (κ1) is 17.0. The molecule has 0 radical (unpaired) electrons. The minimum atomic E-state index is -0.178. The molecule has 0 atom stereocenters. The Kier molecular flexibility index (Phi) is 6.18. The van der Waals surface area contributed by atoms with E-state index in [0.29, 0.717) is 17.9 Å². The molecule has 4 nitrogen and oxygen atoms in total. The number of ether oxygens (including phenoxy) is 1. The molecule has 0 aliphatic carbocycles. The van der Waals surface area contributed by atoms with E-state index in [1.54, 1.807) is 18.2 Å². The molecular formula is C19H23NO3. The minimum Gasteiger partial charge on any atom is -0.494 e. The van der Waals surface area contributed by atoms with Crippen molar-refractivity contribution in [3.63, 3.8) is 0 Å². The Hall–Kier alpha value is -2.33. The molecule has 0 aliphatic rings. The number of nitrogens with one attached hydrogen (secondary N) is 1. The lowest BCUT2D eigenvalue weighted by Gasteiger charge is -2.10. The molecule has 1 amide bonds. The molecule has 0 bridgehead atoms. The molecule has 23 heavy (non-hydrogen) atoms. The number of anilines is 1. The zero-order valence-corrected chi connectivity index (χ0v) is 13.6. The molecule has 122 valence electrons. The van der Waals surface area contributed by atoms with Crippen molar-refractivity contribution in [1.82, 2.24) is 0 Å². The van der Waals surface area contributed by atoms with Crippen molar-refractivity contribution in [3.8, 4) is 5.75 Å². The van der Waals surface area contributed by atoms with Gasteiger partial charge in [0.2, 0.25) is 0 Å². The summed E-state index contributed by atoms with van der Waals surface area (Å²) in [6.07, 6.45) is 2.11. The van der Waals surface area contributed by atoms with Gasteiger partial charge in [-0.25, -0.2) is 0 Å². The summed E-state index contributed by atoms with van der Waals surface area (Å²) in [5.74, 6) is 0.594. The largest absolute Gasteiger partial charge is 0.494 e. The SMILES string of the molecule is CCCCOc1ccc(C(=O)Nc2cc(CO)ccc2C)cc1. The third-order valence-electron chi connectivity index (χ3n) is 3.62. The maximum Gasteiger partial charge on any atom is 0.255 e. The van der Waals surface area contributed by atoms with Crippen molar-refractivity contribution < 1.29 is 14.6 Å². The number of rotatable bonds is 7. The lowest BCUT2D eigenvalue weighted by atomic mass is 10.1. The fourth-order valence-corrected chi connectivity index (χ4v) is 2.13. The Morgan fingerprint density at radius 1 is 1.17 bits per heavy atom. The van der Waals surface area contributed by atoms with Crippen molar-refractivity contribution in [3.05, 3.63) is 59.2 Å². The monoisotopic (exact) mass is 313 g/mol. The molecule has 2 aromatic carbocycles. The Morgan fingerprint density at radius 2 is 1.91 bits per heavy atom. The van der Waals surface area contributed by atoms with Gasteiger partial charge in [0.1, 0.15) is 5.75 Å². The van der Waals surface area contributed by atoms with Crippen LogP contribution in [0.4, 0.5) is 5.69 Å². The highest BCUT2D eigenvalue weighted by molar-refractivity contribution is 6.04. The summed E-state index contributed by atoms with van der Waals surface area (Å²) in [4.78, 5) is 12.3. The highest BCUT2D eigenvalue weighted by atomic mass is 16.5. The number of hydrogen-bond donors (Lipinski definition) is 2. The van der Waals surface area contributed by atoms with Crippen molar-refractivity contribution in [1.29, 1.82) is 0 Å². The van der Waals surface area contributed by atoms with Gasteiger partial charge in [-0.3, -0.25) is 4.79 Å². The van der Waals surface area contributed by atoms with Gasteiger partial charge in [-0.1, -0.05) is 25.5 Å². The first-order chi connectivity index (χ1) is 11.1. The minimum absolute atomic E-state index is 0.0487.